The summed E-state index contributed by atoms with van der Waals surface area (Å²) in [5.41, 5.74) is 15.5. The van der Waals surface area contributed by atoms with Crippen LogP contribution in [0.2, 0.25) is 0 Å². The van der Waals surface area contributed by atoms with Crippen molar-refractivity contribution in [1.82, 2.24) is 10.9 Å². The van der Waals surface area contributed by atoms with Gasteiger partial charge >= 0.3 is 0 Å². The number of hydrogen-bond acceptors (Lipinski definition) is 3. The molecule has 22 heavy (non-hydrogen) atoms. The molecule has 3 atom stereocenters. The van der Waals surface area contributed by atoms with Crippen molar-refractivity contribution in [2.45, 2.75) is 37.0 Å². The number of nitrogen functional groups attached to an aromatic ring is 1. The lowest BCUT2D eigenvalue weighted by molar-refractivity contribution is 0.0928. The van der Waals surface area contributed by atoms with Crippen LogP contribution >= 0.6 is 11.6 Å². The summed E-state index contributed by atoms with van der Waals surface area (Å²) in [6, 6.07) is 6.93. The second kappa shape index (κ2) is 4.92. The third-order valence-electron chi connectivity index (χ3n) is 5.22. The van der Waals surface area contributed by atoms with E-state index in [0.717, 1.165) is 31.6 Å². The maximum atomic E-state index is 12.2. The first-order valence-corrected chi connectivity index (χ1v) is 8.23. The Morgan fingerprint density at radius 2 is 2.05 bits per heavy atom. The van der Waals surface area contributed by atoms with E-state index in [2.05, 4.69) is 10.9 Å². The molecule has 4 bridgehead atoms. The molecule has 3 unspecified atom stereocenters. The van der Waals surface area contributed by atoms with E-state index in [0.29, 0.717) is 17.2 Å². The topological polar surface area (TPSA) is 67.2 Å². The highest BCUT2D eigenvalue weighted by Crippen LogP contribution is 2.57. The standard InChI is InChI=1S/C17H20ClN3O/c18-17-7-10-5-12(8-17)15(13(6-10)9-17)20-21-16(22)11-1-3-14(19)4-2-11/h1-4,10,12,20H,5-9,19H2,(H,21,22). The number of allylic oxidation sites excluding steroid dienone is 2. The van der Waals surface area contributed by atoms with Gasteiger partial charge < -0.3 is 11.2 Å². The van der Waals surface area contributed by atoms with Gasteiger partial charge in [0, 0.05) is 27.7 Å². The third kappa shape index (κ3) is 2.35. The molecule has 0 saturated heterocycles. The molecule has 5 rings (SSSR count). The van der Waals surface area contributed by atoms with Crippen LogP contribution in [0.3, 0.4) is 0 Å². The number of nitrogens with two attached hydrogens (primary N) is 1. The van der Waals surface area contributed by atoms with Crippen molar-refractivity contribution in [3.8, 4) is 0 Å². The van der Waals surface area contributed by atoms with E-state index in [1.54, 1.807) is 24.3 Å². The van der Waals surface area contributed by atoms with Gasteiger partial charge in [-0.15, -0.1) is 11.6 Å². The summed E-state index contributed by atoms with van der Waals surface area (Å²) in [4.78, 5) is 12.2. The van der Waals surface area contributed by atoms with Crippen LogP contribution in [0, 0.1) is 11.8 Å². The highest BCUT2D eigenvalue weighted by Gasteiger charge is 2.49. The van der Waals surface area contributed by atoms with Gasteiger partial charge in [0.05, 0.1) is 0 Å². The highest BCUT2D eigenvalue weighted by molar-refractivity contribution is 6.24. The molecule has 5 heteroatoms. The molecule has 0 heterocycles. The Morgan fingerprint density at radius 3 is 2.73 bits per heavy atom. The molecule has 1 amide bonds. The number of rotatable bonds is 3. The second-order valence-corrected chi connectivity index (χ2v) is 7.76. The van der Waals surface area contributed by atoms with Gasteiger partial charge in [-0.2, -0.15) is 0 Å². The van der Waals surface area contributed by atoms with Crippen LogP contribution in [-0.2, 0) is 0 Å². The molecule has 0 radical (unpaired) electrons. The molecular weight excluding hydrogens is 298 g/mol. The van der Waals surface area contributed by atoms with Gasteiger partial charge in [-0.05, 0) is 67.9 Å². The maximum absolute atomic E-state index is 12.2. The van der Waals surface area contributed by atoms with Crippen LogP contribution in [0.25, 0.3) is 0 Å². The summed E-state index contributed by atoms with van der Waals surface area (Å²) < 4.78 is 0. The summed E-state index contributed by atoms with van der Waals surface area (Å²) in [5, 5.41) is 0. The van der Waals surface area contributed by atoms with Gasteiger partial charge in [0.1, 0.15) is 0 Å². The van der Waals surface area contributed by atoms with Crippen molar-refractivity contribution in [2.75, 3.05) is 5.73 Å². The fourth-order valence-corrected chi connectivity index (χ4v) is 5.01. The Balaban J connectivity index is 1.47. The summed E-state index contributed by atoms with van der Waals surface area (Å²) >= 11 is 6.71. The lowest BCUT2D eigenvalue weighted by atomic mass is 9.59. The van der Waals surface area contributed by atoms with Crippen LogP contribution in [0.1, 0.15) is 42.5 Å². The van der Waals surface area contributed by atoms with Gasteiger partial charge in [0.15, 0.2) is 0 Å². The monoisotopic (exact) mass is 317 g/mol. The zero-order chi connectivity index (χ0) is 15.3. The number of carbonyl (C=O) groups is 1. The fourth-order valence-electron chi connectivity index (χ4n) is 4.45. The van der Waals surface area contributed by atoms with Crippen molar-refractivity contribution < 1.29 is 4.79 Å². The molecule has 0 aromatic heterocycles. The van der Waals surface area contributed by atoms with Crippen LogP contribution in [0.15, 0.2) is 35.5 Å². The molecule has 116 valence electrons. The lowest BCUT2D eigenvalue weighted by Crippen LogP contribution is -2.50. The summed E-state index contributed by atoms with van der Waals surface area (Å²) in [5.74, 6) is 1.07. The highest BCUT2D eigenvalue weighted by atomic mass is 35.5. The molecule has 0 spiro atoms. The normalized spacial score (nSPS) is 32.2. The smallest absolute Gasteiger partial charge is 0.269 e. The Bertz CT molecular complexity index is 654. The van der Waals surface area contributed by atoms with Crippen molar-refractivity contribution >= 4 is 23.2 Å². The average Bonchev–Trinajstić information content (AvgIpc) is 2.45. The zero-order valence-electron chi connectivity index (χ0n) is 12.4. The number of amides is 1. The number of anilines is 1. The molecule has 2 saturated carbocycles. The quantitative estimate of drug-likeness (QED) is 0.456. The van der Waals surface area contributed by atoms with Crippen LogP contribution < -0.4 is 16.6 Å². The molecule has 1 aromatic rings. The fraction of sp³-hybridized carbons (Fsp3) is 0.471. The van der Waals surface area contributed by atoms with Crippen molar-refractivity contribution in [3.05, 3.63) is 41.1 Å². The van der Waals surface area contributed by atoms with E-state index in [4.69, 9.17) is 17.3 Å². The molecule has 4 N–H and O–H groups in total. The molecule has 1 aromatic carbocycles. The van der Waals surface area contributed by atoms with E-state index in [1.807, 2.05) is 0 Å². The first kappa shape index (κ1) is 13.9. The number of hydrazine groups is 1. The van der Waals surface area contributed by atoms with E-state index in [9.17, 15) is 4.79 Å². The molecule has 4 nitrogen and oxygen atoms in total. The Kier molecular flexibility index (Phi) is 3.12. The zero-order valence-corrected chi connectivity index (χ0v) is 13.1. The molecule has 4 aliphatic carbocycles. The number of carbonyl (C=O) groups excluding carboxylic acids is 1. The summed E-state index contributed by atoms with van der Waals surface area (Å²) in [7, 11) is 0. The molecular formula is C17H20ClN3O. The van der Waals surface area contributed by atoms with E-state index < -0.39 is 0 Å². The average molecular weight is 318 g/mol. The van der Waals surface area contributed by atoms with Crippen LogP contribution in [-0.4, -0.2) is 10.8 Å². The minimum atomic E-state index is -0.137. The molecule has 2 fully saturated rings. The van der Waals surface area contributed by atoms with Crippen LogP contribution in [0.4, 0.5) is 5.69 Å². The number of nitrogens with one attached hydrogen (secondary N) is 2. The first-order valence-electron chi connectivity index (χ1n) is 7.85. The Hall–Kier alpha value is -1.68. The largest absolute Gasteiger partial charge is 0.399 e. The van der Waals surface area contributed by atoms with E-state index in [-0.39, 0.29) is 10.8 Å². The third-order valence-corrected chi connectivity index (χ3v) is 5.66. The molecule has 4 aliphatic rings. The predicted molar refractivity (Wildman–Crippen MR) is 87.1 cm³/mol. The molecule has 0 aliphatic heterocycles. The number of benzene rings is 1. The number of halogens is 1. The second-order valence-electron chi connectivity index (χ2n) is 6.96. The number of alkyl halides is 1. The summed E-state index contributed by atoms with van der Waals surface area (Å²) in [6.07, 6.45) is 5.46. The van der Waals surface area contributed by atoms with Crippen molar-refractivity contribution in [2.24, 2.45) is 11.8 Å². The lowest BCUT2D eigenvalue weighted by Gasteiger charge is -2.51. The van der Waals surface area contributed by atoms with Crippen molar-refractivity contribution in [3.63, 3.8) is 0 Å². The van der Waals surface area contributed by atoms with Gasteiger partial charge in [-0.1, -0.05) is 0 Å². The maximum Gasteiger partial charge on any atom is 0.269 e. The van der Waals surface area contributed by atoms with Gasteiger partial charge in [-0.3, -0.25) is 10.2 Å². The minimum Gasteiger partial charge on any atom is -0.399 e. The van der Waals surface area contributed by atoms with Gasteiger partial charge in [0.25, 0.3) is 5.91 Å². The van der Waals surface area contributed by atoms with Crippen molar-refractivity contribution in [1.29, 1.82) is 0 Å². The predicted octanol–water partition coefficient (Wildman–Crippen LogP) is 2.96. The van der Waals surface area contributed by atoms with Gasteiger partial charge in [0.2, 0.25) is 0 Å². The van der Waals surface area contributed by atoms with Crippen LogP contribution in [0.5, 0.6) is 0 Å². The van der Waals surface area contributed by atoms with Gasteiger partial charge in [-0.25, -0.2) is 0 Å². The van der Waals surface area contributed by atoms with E-state index in [1.165, 1.54) is 17.7 Å². The summed E-state index contributed by atoms with van der Waals surface area (Å²) in [6.45, 7) is 0. The Labute approximate surface area is 135 Å². The first-order chi connectivity index (χ1) is 10.5. The van der Waals surface area contributed by atoms with E-state index >= 15 is 0 Å². The number of hydrogen-bond donors (Lipinski definition) is 3. The SMILES string of the molecule is Nc1ccc(C(=O)NNC2=C3CC4CC2CC(Cl)(C3)C4)cc1. The minimum absolute atomic E-state index is 0.0205. The Morgan fingerprint density at radius 1 is 1.27 bits per heavy atom.